The van der Waals surface area contributed by atoms with Crippen LogP contribution >= 0.6 is 0 Å². The molecule has 0 spiro atoms. The summed E-state index contributed by atoms with van der Waals surface area (Å²) in [7, 11) is 0. The van der Waals surface area contributed by atoms with Crippen molar-refractivity contribution in [3.63, 3.8) is 0 Å². The SMILES string of the molecule is CC.CCC(C)N(CC)C(=O)C(C(C)C)C1CC(C)OC(C)C1. The van der Waals surface area contributed by atoms with Gasteiger partial charge in [0.2, 0.25) is 5.91 Å². The minimum Gasteiger partial charge on any atom is -0.376 e. The van der Waals surface area contributed by atoms with Gasteiger partial charge in [-0.1, -0.05) is 34.6 Å². The minimum atomic E-state index is 0.132. The van der Waals surface area contributed by atoms with E-state index in [1.807, 2.05) is 13.8 Å². The minimum absolute atomic E-state index is 0.132. The van der Waals surface area contributed by atoms with E-state index in [0.29, 0.717) is 23.8 Å². The highest BCUT2D eigenvalue weighted by Crippen LogP contribution is 2.36. The molecule has 0 saturated carbocycles. The van der Waals surface area contributed by atoms with Crippen LogP contribution in [-0.4, -0.2) is 35.6 Å². The average Bonchev–Trinajstić information content (AvgIpc) is 2.48. The van der Waals surface area contributed by atoms with Crippen LogP contribution in [0, 0.1) is 17.8 Å². The molecule has 0 radical (unpaired) electrons. The molecular formula is C20H41NO2. The van der Waals surface area contributed by atoms with Crippen LogP contribution in [-0.2, 0) is 9.53 Å². The van der Waals surface area contributed by atoms with E-state index in [2.05, 4.69) is 53.4 Å². The second-order valence-corrected chi connectivity index (χ2v) is 7.14. The Morgan fingerprint density at radius 2 is 1.57 bits per heavy atom. The third kappa shape index (κ3) is 6.45. The number of nitrogens with zero attached hydrogens (tertiary/aromatic N) is 1. The highest BCUT2D eigenvalue weighted by molar-refractivity contribution is 5.79. The van der Waals surface area contributed by atoms with Crippen LogP contribution in [0.3, 0.4) is 0 Å². The molecule has 3 heteroatoms. The fraction of sp³-hybridized carbons (Fsp3) is 0.950. The maximum atomic E-state index is 13.1. The van der Waals surface area contributed by atoms with Crippen LogP contribution < -0.4 is 0 Å². The van der Waals surface area contributed by atoms with Crippen molar-refractivity contribution in [1.29, 1.82) is 0 Å². The summed E-state index contributed by atoms with van der Waals surface area (Å²) < 4.78 is 5.86. The van der Waals surface area contributed by atoms with Crippen molar-refractivity contribution in [2.45, 2.75) is 99.8 Å². The van der Waals surface area contributed by atoms with E-state index in [1.54, 1.807) is 0 Å². The van der Waals surface area contributed by atoms with Gasteiger partial charge in [0, 0.05) is 18.5 Å². The molecule has 23 heavy (non-hydrogen) atoms. The predicted octanol–water partition coefficient (Wildman–Crippen LogP) is 5.14. The number of hydrogen-bond donors (Lipinski definition) is 0. The molecule has 1 rings (SSSR count). The molecule has 0 aliphatic carbocycles. The summed E-state index contributed by atoms with van der Waals surface area (Å²) in [6.07, 6.45) is 3.58. The second kappa shape index (κ2) is 11.1. The Bertz CT molecular complexity index is 320. The lowest BCUT2D eigenvalue weighted by Crippen LogP contribution is -2.47. The lowest BCUT2D eigenvalue weighted by molar-refractivity contribution is -0.145. The molecular weight excluding hydrogens is 286 g/mol. The maximum Gasteiger partial charge on any atom is 0.226 e. The summed E-state index contributed by atoms with van der Waals surface area (Å²) in [4.78, 5) is 15.2. The van der Waals surface area contributed by atoms with E-state index in [9.17, 15) is 4.79 Å². The summed E-state index contributed by atoms with van der Waals surface area (Å²) in [5.41, 5.74) is 0. The van der Waals surface area contributed by atoms with Gasteiger partial charge in [-0.05, 0) is 58.8 Å². The summed E-state index contributed by atoms with van der Waals surface area (Å²) in [5, 5.41) is 0. The fourth-order valence-corrected chi connectivity index (χ4v) is 3.88. The maximum absolute atomic E-state index is 13.1. The van der Waals surface area contributed by atoms with Crippen LogP contribution in [0.2, 0.25) is 0 Å². The molecule has 0 aromatic rings. The van der Waals surface area contributed by atoms with Gasteiger partial charge in [0.05, 0.1) is 12.2 Å². The Balaban J connectivity index is 0.00000232. The van der Waals surface area contributed by atoms with Gasteiger partial charge in [-0.3, -0.25) is 4.79 Å². The molecule has 0 bridgehead atoms. The van der Waals surface area contributed by atoms with Crippen LogP contribution in [0.25, 0.3) is 0 Å². The van der Waals surface area contributed by atoms with Gasteiger partial charge >= 0.3 is 0 Å². The standard InChI is InChI=1S/C18H35NO2.C2H6/c1-8-13(5)19(9-2)18(20)17(12(3)4)16-10-14(6)21-15(7)11-16;1-2/h12-17H,8-11H2,1-7H3;1-2H3. The summed E-state index contributed by atoms with van der Waals surface area (Å²) >= 11 is 0. The highest BCUT2D eigenvalue weighted by atomic mass is 16.5. The van der Waals surface area contributed by atoms with Crippen LogP contribution in [0.5, 0.6) is 0 Å². The van der Waals surface area contributed by atoms with Gasteiger partial charge in [0.1, 0.15) is 0 Å². The number of carbonyl (C=O) groups excluding carboxylic acids is 1. The van der Waals surface area contributed by atoms with Crippen molar-refractivity contribution in [3.8, 4) is 0 Å². The molecule has 4 atom stereocenters. The van der Waals surface area contributed by atoms with Crippen LogP contribution in [0.4, 0.5) is 0 Å². The number of carbonyl (C=O) groups is 1. The van der Waals surface area contributed by atoms with Crippen molar-refractivity contribution in [3.05, 3.63) is 0 Å². The summed E-state index contributed by atoms with van der Waals surface area (Å²) in [5.74, 6) is 1.33. The molecule has 4 unspecified atom stereocenters. The molecule has 0 N–H and O–H groups in total. The highest BCUT2D eigenvalue weighted by Gasteiger charge is 2.38. The van der Waals surface area contributed by atoms with Gasteiger partial charge in [-0.25, -0.2) is 0 Å². The van der Waals surface area contributed by atoms with Crippen LogP contribution in [0.1, 0.15) is 81.6 Å². The molecule has 138 valence electrons. The van der Waals surface area contributed by atoms with Gasteiger partial charge in [-0.15, -0.1) is 0 Å². The van der Waals surface area contributed by atoms with Crippen LogP contribution in [0.15, 0.2) is 0 Å². The van der Waals surface area contributed by atoms with E-state index < -0.39 is 0 Å². The quantitative estimate of drug-likeness (QED) is 0.676. The lowest BCUT2D eigenvalue weighted by atomic mass is 9.75. The zero-order valence-corrected chi connectivity index (χ0v) is 17.1. The zero-order chi connectivity index (χ0) is 18.2. The third-order valence-electron chi connectivity index (χ3n) is 4.99. The number of ether oxygens (including phenoxy) is 1. The number of hydrogen-bond acceptors (Lipinski definition) is 2. The van der Waals surface area contributed by atoms with Crippen molar-refractivity contribution < 1.29 is 9.53 Å². The van der Waals surface area contributed by atoms with E-state index >= 15 is 0 Å². The Hall–Kier alpha value is -0.570. The van der Waals surface area contributed by atoms with Crippen molar-refractivity contribution in [2.75, 3.05) is 6.54 Å². The monoisotopic (exact) mass is 327 g/mol. The topological polar surface area (TPSA) is 29.5 Å². The van der Waals surface area contributed by atoms with Crippen molar-refractivity contribution >= 4 is 5.91 Å². The molecule has 1 fully saturated rings. The smallest absolute Gasteiger partial charge is 0.226 e. The first kappa shape index (κ1) is 22.4. The molecule has 1 saturated heterocycles. The van der Waals surface area contributed by atoms with Gasteiger partial charge in [0.15, 0.2) is 0 Å². The fourth-order valence-electron chi connectivity index (χ4n) is 3.88. The molecule has 1 amide bonds. The zero-order valence-electron chi connectivity index (χ0n) is 17.1. The Kier molecular flexibility index (Phi) is 10.8. The Morgan fingerprint density at radius 3 is 1.91 bits per heavy atom. The molecule has 3 nitrogen and oxygen atoms in total. The van der Waals surface area contributed by atoms with Gasteiger partial charge in [0.25, 0.3) is 0 Å². The first-order valence-electron chi connectivity index (χ1n) is 9.77. The van der Waals surface area contributed by atoms with E-state index in [-0.39, 0.29) is 18.1 Å². The Morgan fingerprint density at radius 1 is 1.09 bits per heavy atom. The largest absolute Gasteiger partial charge is 0.376 e. The molecule has 1 heterocycles. The average molecular weight is 328 g/mol. The van der Waals surface area contributed by atoms with Crippen molar-refractivity contribution in [2.24, 2.45) is 17.8 Å². The number of amides is 1. The first-order chi connectivity index (χ1) is 10.8. The Labute approximate surface area is 145 Å². The molecule has 0 aromatic heterocycles. The number of rotatable bonds is 6. The van der Waals surface area contributed by atoms with Gasteiger partial charge in [-0.2, -0.15) is 0 Å². The normalized spacial score (nSPS) is 27.0. The first-order valence-corrected chi connectivity index (χ1v) is 9.77. The third-order valence-corrected chi connectivity index (χ3v) is 4.99. The molecule has 0 aromatic carbocycles. The summed E-state index contributed by atoms with van der Waals surface area (Å²) in [6.45, 7) is 19.9. The van der Waals surface area contributed by atoms with E-state index in [1.165, 1.54) is 0 Å². The lowest BCUT2D eigenvalue weighted by Gasteiger charge is -2.40. The second-order valence-electron chi connectivity index (χ2n) is 7.14. The summed E-state index contributed by atoms with van der Waals surface area (Å²) in [6, 6.07) is 0.332. The molecule has 1 aliphatic rings. The van der Waals surface area contributed by atoms with Gasteiger partial charge < -0.3 is 9.64 Å². The predicted molar refractivity (Wildman–Crippen MR) is 99.5 cm³/mol. The van der Waals surface area contributed by atoms with E-state index in [4.69, 9.17) is 4.74 Å². The van der Waals surface area contributed by atoms with Crippen molar-refractivity contribution in [1.82, 2.24) is 4.90 Å². The van der Waals surface area contributed by atoms with E-state index in [0.717, 1.165) is 25.8 Å². The molecule has 1 aliphatic heterocycles.